The van der Waals surface area contributed by atoms with Gasteiger partial charge in [0.2, 0.25) is 0 Å². The second-order valence-electron chi connectivity index (χ2n) is 4.37. The Morgan fingerprint density at radius 2 is 2.10 bits per heavy atom. The minimum absolute atomic E-state index is 0.130. The number of hydrogen-bond donors (Lipinski definition) is 2. The molecule has 5 nitrogen and oxygen atoms in total. The van der Waals surface area contributed by atoms with E-state index in [9.17, 15) is 9.59 Å². The van der Waals surface area contributed by atoms with E-state index in [0.717, 1.165) is 5.56 Å². The summed E-state index contributed by atoms with van der Waals surface area (Å²) < 4.78 is 5.08. The lowest BCUT2D eigenvalue weighted by molar-refractivity contribution is -0.138. The third kappa shape index (κ3) is 2.88. The van der Waals surface area contributed by atoms with Gasteiger partial charge in [-0.1, -0.05) is 43.0 Å². The molecule has 2 N–H and O–H groups in total. The molecular weight excluding hydrogens is 256 g/mol. The summed E-state index contributed by atoms with van der Waals surface area (Å²) in [7, 11) is 0. The minimum atomic E-state index is -0.512. The molecule has 2 amide bonds. The van der Waals surface area contributed by atoms with Crippen molar-refractivity contribution in [2.24, 2.45) is 0 Å². The zero-order valence-electron chi connectivity index (χ0n) is 11.2. The molecule has 0 saturated heterocycles. The molecule has 2 rings (SSSR count). The average molecular weight is 272 g/mol. The van der Waals surface area contributed by atoms with E-state index in [-0.39, 0.29) is 12.6 Å². The lowest BCUT2D eigenvalue weighted by Gasteiger charge is -2.28. The summed E-state index contributed by atoms with van der Waals surface area (Å²) in [6.45, 7) is 5.32. The van der Waals surface area contributed by atoms with E-state index in [1.807, 2.05) is 30.3 Å². The summed E-state index contributed by atoms with van der Waals surface area (Å²) >= 11 is 0. The topological polar surface area (TPSA) is 67.4 Å². The molecule has 0 fully saturated rings. The van der Waals surface area contributed by atoms with E-state index < -0.39 is 12.0 Å². The van der Waals surface area contributed by atoms with Crippen LogP contribution in [0.1, 0.15) is 18.5 Å². The number of carbonyl (C=O) groups excluding carboxylic acids is 2. The maximum Gasteiger partial charge on any atom is 0.338 e. The largest absolute Gasteiger partial charge is 0.458 e. The average Bonchev–Trinajstić information content (AvgIpc) is 2.45. The number of hydrogen-bond acceptors (Lipinski definition) is 3. The van der Waals surface area contributed by atoms with Crippen molar-refractivity contribution < 1.29 is 14.3 Å². The molecular formula is C15H16N2O3. The number of ether oxygens (including phenoxy) is 1. The van der Waals surface area contributed by atoms with Crippen LogP contribution >= 0.6 is 0 Å². The van der Waals surface area contributed by atoms with Crippen molar-refractivity contribution in [2.75, 3.05) is 6.61 Å². The molecule has 0 unspecified atom stereocenters. The fraction of sp³-hybridized carbons (Fsp3) is 0.200. The van der Waals surface area contributed by atoms with Crippen LogP contribution in [0.15, 0.2) is 54.3 Å². The van der Waals surface area contributed by atoms with E-state index >= 15 is 0 Å². The summed E-state index contributed by atoms with van der Waals surface area (Å²) in [5, 5.41) is 5.33. The van der Waals surface area contributed by atoms with Gasteiger partial charge in [-0.15, -0.1) is 0 Å². The Labute approximate surface area is 117 Å². The number of urea groups is 1. The second kappa shape index (κ2) is 6.06. The predicted molar refractivity (Wildman–Crippen MR) is 74.7 cm³/mol. The first-order chi connectivity index (χ1) is 9.63. The number of carbonyl (C=O) groups is 2. The predicted octanol–water partition coefficient (Wildman–Crippen LogP) is 2.04. The van der Waals surface area contributed by atoms with Gasteiger partial charge in [0.05, 0.1) is 11.6 Å². The minimum Gasteiger partial charge on any atom is -0.458 e. The van der Waals surface area contributed by atoms with Gasteiger partial charge in [-0.2, -0.15) is 0 Å². The molecule has 0 aliphatic carbocycles. The monoisotopic (exact) mass is 272 g/mol. The van der Waals surface area contributed by atoms with Crippen molar-refractivity contribution in [3.05, 3.63) is 59.8 Å². The Balaban J connectivity index is 2.36. The number of benzene rings is 1. The van der Waals surface area contributed by atoms with Crippen molar-refractivity contribution >= 4 is 12.0 Å². The van der Waals surface area contributed by atoms with Crippen LogP contribution in [-0.4, -0.2) is 18.6 Å². The molecule has 1 aliphatic rings. The van der Waals surface area contributed by atoms with Crippen LogP contribution in [0, 0.1) is 0 Å². The Morgan fingerprint density at radius 3 is 2.75 bits per heavy atom. The molecule has 0 radical (unpaired) electrons. The van der Waals surface area contributed by atoms with Gasteiger partial charge >= 0.3 is 12.0 Å². The molecule has 0 spiro atoms. The lowest BCUT2D eigenvalue weighted by atomic mass is 9.96. The smallest absolute Gasteiger partial charge is 0.338 e. The molecule has 0 saturated carbocycles. The van der Waals surface area contributed by atoms with Gasteiger partial charge in [0.25, 0.3) is 0 Å². The molecule has 1 aliphatic heterocycles. The highest BCUT2D eigenvalue weighted by Crippen LogP contribution is 2.27. The molecule has 1 aromatic rings. The van der Waals surface area contributed by atoms with Gasteiger partial charge in [-0.25, -0.2) is 9.59 Å². The van der Waals surface area contributed by atoms with Crippen LogP contribution < -0.4 is 10.6 Å². The van der Waals surface area contributed by atoms with Gasteiger partial charge in [-0.3, -0.25) is 0 Å². The van der Waals surface area contributed by atoms with Crippen molar-refractivity contribution in [2.45, 2.75) is 13.0 Å². The van der Waals surface area contributed by atoms with Gasteiger partial charge in [-0.05, 0) is 12.5 Å². The standard InChI is InChI=1S/C15H16N2O3/c1-3-9-20-14(18)12-10(2)16-15(19)17-13(12)11-7-5-4-6-8-11/h3-8,13H,1,9H2,2H3,(H2,16,17,19)/t13-/m1/s1. The van der Waals surface area contributed by atoms with E-state index in [4.69, 9.17) is 4.74 Å². The number of esters is 1. The van der Waals surface area contributed by atoms with Crippen molar-refractivity contribution in [1.82, 2.24) is 10.6 Å². The summed E-state index contributed by atoms with van der Waals surface area (Å²) in [4.78, 5) is 23.8. The second-order valence-corrected chi connectivity index (χ2v) is 4.37. The van der Waals surface area contributed by atoms with Crippen molar-refractivity contribution in [1.29, 1.82) is 0 Å². The zero-order chi connectivity index (χ0) is 14.5. The third-order valence-corrected chi connectivity index (χ3v) is 2.95. The number of rotatable bonds is 4. The fourth-order valence-electron chi connectivity index (χ4n) is 2.07. The Hall–Kier alpha value is -2.56. The summed E-state index contributed by atoms with van der Waals surface area (Å²) in [5.74, 6) is -0.469. The highest BCUT2D eigenvalue weighted by atomic mass is 16.5. The van der Waals surface area contributed by atoms with E-state index in [0.29, 0.717) is 11.3 Å². The van der Waals surface area contributed by atoms with E-state index in [1.165, 1.54) is 6.08 Å². The van der Waals surface area contributed by atoms with Crippen LogP contribution in [0.25, 0.3) is 0 Å². The maximum atomic E-state index is 12.1. The molecule has 20 heavy (non-hydrogen) atoms. The van der Waals surface area contributed by atoms with Crippen LogP contribution in [0.5, 0.6) is 0 Å². The number of nitrogens with one attached hydrogen (secondary N) is 2. The highest BCUT2D eigenvalue weighted by molar-refractivity contribution is 5.95. The molecule has 1 atom stereocenters. The van der Waals surface area contributed by atoms with Gasteiger partial charge in [0.15, 0.2) is 0 Å². The SMILES string of the molecule is C=CCOC(=O)C1=C(C)NC(=O)N[C@@H]1c1ccccc1. The normalized spacial score (nSPS) is 18.1. The van der Waals surface area contributed by atoms with E-state index in [1.54, 1.807) is 6.92 Å². The number of amides is 2. The van der Waals surface area contributed by atoms with Gasteiger partial charge in [0.1, 0.15) is 6.61 Å². The number of allylic oxidation sites excluding steroid dienone is 1. The van der Waals surface area contributed by atoms with Crippen molar-refractivity contribution in [3.8, 4) is 0 Å². The fourth-order valence-corrected chi connectivity index (χ4v) is 2.07. The van der Waals surface area contributed by atoms with Crippen LogP contribution in [-0.2, 0) is 9.53 Å². The molecule has 5 heteroatoms. The van der Waals surface area contributed by atoms with Crippen LogP contribution in [0.4, 0.5) is 4.79 Å². The molecule has 0 bridgehead atoms. The Morgan fingerprint density at radius 1 is 1.40 bits per heavy atom. The summed E-state index contributed by atoms with van der Waals surface area (Å²) in [5.41, 5.74) is 1.72. The lowest BCUT2D eigenvalue weighted by Crippen LogP contribution is -2.45. The zero-order valence-corrected chi connectivity index (χ0v) is 11.2. The summed E-state index contributed by atoms with van der Waals surface area (Å²) in [6.07, 6.45) is 1.50. The molecule has 0 aromatic heterocycles. The Bertz CT molecular complexity index is 564. The third-order valence-electron chi connectivity index (χ3n) is 2.95. The van der Waals surface area contributed by atoms with Crippen molar-refractivity contribution in [3.63, 3.8) is 0 Å². The molecule has 1 heterocycles. The van der Waals surface area contributed by atoms with Crippen LogP contribution in [0.3, 0.4) is 0 Å². The first-order valence-corrected chi connectivity index (χ1v) is 6.24. The quantitative estimate of drug-likeness (QED) is 0.651. The first kappa shape index (κ1) is 13.9. The molecule has 1 aromatic carbocycles. The maximum absolute atomic E-state index is 12.1. The summed E-state index contributed by atoms with van der Waals surface area (Å²) in [6, 6.07) is 8.43. The van der Waals surface area contributed by atoms with E-state index in [2.05, 4.69) is 17.2 Å². The van der Waals surface area contributed by atoms with Gasteiger partial charge < -0.3 is 15.4 Å². The van der Waals surface area contributed by atoms with Gasteiger partial charge in [0, 0.05) is 5.70 Å². The highest BCUT2D eigenvalue weighted by Gasteiger charge is 2.31. The first-order valence-electron chi connectivity index (χ1n) is 6.24. The molecule has 104 valence electrons. The van der Waals surface area contributed by atoms with Crippen LogP contribution in [0.2, 0.25) is 0 Å². The Kier molecular flexibility index (Phi) is 4.20.